The summed E-state index contributed by atoms with van der Waals surface area (Å²) in [6.07, 6.45) is 2.91. The zero-order chi connectivity index (χ0) is 28.6. The van der Waals surface area contributed by atoms with Gasteiger partial charge in [0.1, 0.15) is 19.0 Å². The Bertz CT molecular complexity index is 1340. The lowest BCUT2D eigenvalue weighted by molar-refractivity contribution is -0.178. The van der Waals surface area contributed by atoms with Crippen molar-refractivity contribution in [3.05, 3.63) is 66.0 Å². The lowest BCUT2D eigenvalue weighted by atomic mass is 9.70. The number of rotatable bonds is 8. The van der Waals surface area contributed by atoms with Crippen molar-refractivity contribution in [1.29, 1.82) is 0 Å². The molecule has 6 nitrogen and oxygen atoms in total. The average Bonchev–Trinajstić information content (AvgIpc) is 3.42. The number of piperidine rings is 2. The Morgan fingerprint density at radius 2 is 1.63 bits per heavy atom. The van der Waals surface area contributed by atoms with E-state index in [-0.39, 0.29) is 11.3 Å². The number of benzene rings is 2. The van der Waals surface area contributed by atoms with E-state index in [1.54, 1.807) is 4.90 Å². The summed E-state index contributed by atoms with van der Waals surface area (Å²) in [5.41, 5.74) is 3.54. The van der Waals surface area contributed by atoms with Gasteiger partial charge in [-0.2, -0.15) is 13.2 Å². The summed E-state index contributed by atoms with van der Waals surface area (Å²) >= 11 is 0. The number of hydrogen-bond donors (Lipinski definition) is 0. The number of carbonyl (C=O) groups excluding carboxylic acids is 1. The molecule has 0 N–H and O–H groups in total. The number of likely N-dealkylation sites (tertiary alicyclic amines) is 1. The van der Waals surface area contributed by atoms with Crippen LogP contribution in [0.15, 0.2) is 54.6 Å². The second-order valence-electron chi connectivity index (χ2n) is 12.2. The summed E-state index contributed by atoms with van der Waals surface area (Å²) in [4.78, 5) is 21.8. The molecule has 1 unspecified atom stereocenters. The van der Waals surface area contributed by atoms with Crippen LogP contribution >= 0.6 is 0 Å². The van der Waals surface area contributed by atoms with Gasteiger partial charge in [0.05, 0.1) is 11.0 Å². The van der Waals surface area contributed by atoms with Crippen molar-refractivity contribution in [2.24, 2.45) is 0 Å². The van der Waals surface area contributed by atoms with Gasteiger partial charge in [0, 0.05) is 31.2 Å². The van der Waals surface area contributed by atoms with E-state index in [4.69, 9.17) is 4.98 Å². The maximum absolute atomic E-state index is 12.6. The summed E-state index contributed by atoms with van der Waals surface area (Å²) in [7, 11) is 0. The van der Waals surface area contributed by atoms with Gasteiger partial charge < -0.3 is 14.2 Å². The number of ether oxygens (including phenoxy) is 1. The highest BCUT2D eigenvalue weighted by Gasteiger charge is 2.44. The zero-order valence-corrected chi connectivity index (χ0v) is 23.7. The number of carbonyl (C=O) groups is 1. The van der Waals surface area contributed by atoms with Gasteiger partial charge in [-0.3, -0.25) is 9.69 Å². The molecule has 2 bridgehead atoms. The number of fused-ring (bicyclic) bond motifs is 3. The second-order valence-corrected chi connectivity index (χ2v) is 12.2. The molecule has 3 aromatic rings. The van der Waals surface area contributed by atoms with Gasteiger partial charge in [-0.15, -0.1) is 0 Å². The fourth-order valence-corrected chi connectivity index (χ4v) is 7.79. The molecule has 1 amide bonds. The molecular weight excluding hydrogens is 529 g/mol. The van der Waals surface area contributed by atoms with E-state index in [1.807, 2.05) is 6.07 Å². The van der Waals surface area contributed by atoms with Crippen molar-refractivity contribution in [2.75, 3.05) is 32.8 Å². The molecule has 220 valence electrons. The quantitative estimate of drug-likeness (QED) is 0.333. The highest BCUT2D eigenvalue weighted by atomic mass is 19.4. The number of aromatic nitrogens is 2. The monoisotopic (exact) mass is 568 g/mol. The number of hydrogen-bond acceptors (Lipinski definition) is 4. The van der Waals surface area contributed by atoms with Crippen LogP contribution < -0.4 is 0 Å². The summed E-state index contributed by atoms with van der Waals surface area (Å²) in [6.45, 7) is 2.29. The summed E-state index contributed by atoms with van der Waals surface area (Å²) < 4.78 is 44.5. The maximum Gasteiger partial charge on any atom is 0.411 e. The van der Waals surface area contributed by atoms with Crippen LogP contribution in [-0.4, -0.2) is 76.4 Å². The first-order valence-electron chi connectivity index (χ1n) is 14.9. The third-order valence-corrected chi connectivity index (χ3v) is 9.80. The van der Waals surface area contributed by atoms with Crippen LogP contribution in [0.1, 0.15) is 62.4 Å². The van der Waals surface area contributed by atoms with Crippen molar-refractivity contribution in [1.82, 2.24) is 19.4 Å². The van der Waals surface area contributed by atoms with E-state index in [2.05, 4.69) is 69.7 Å². The molecule has 3 atom stereocenters. The fraction of sp³-hybridized carbons (Fsp3) is 0.562. The van der Waals surface area contributed by atoms with E-state index >= 15 is 0 Å². The minimum absolute atomic E-state index is 0.0572. The predicted molar refractivity (Wildman–Crippen MR) is 152 cm³/mol. The van der Waals surface area contributed by atoms with Crippen molar-refractivity contribution < 1.29 is 22.7 Å². The average molecular weight is 569 g/mol. The molecule has 4 heterocycles. The topological polar surface area (TPSA) is 50.6 Å². The number of amides is 1. The minimum atomic E-state index is -4.43. The van der Waals surface area contributed by atoms with Gasteiger partial charge in [0.15, 0.2) is 0 Å². The van der Waals surface area contributed by atoms with Crippen LogP contribution in [0.25, 0.3) is 11.0 Å². The van der Waals surface area contributed by atoms with Crippen LogP contribution in [0, 0.1) is 6.92 Å². The summed E-state index contributed by atoms with van der Waals surface area (Å²) in [6, 6.07) is 20.6. The van der Waals surface area contributed by atoms with Crippen LogP contribution in [0.4, 0.5) is 13.2 Å². The highest BCUT2D eigenvalue weighted by molar-refractivity contribution is 5.77. The Morgan fingerprint density at radius 3 is 2.32 bits per heavy atom. The van der Waals surface area contributed by atoms with E-state index in [0.717, 1.165) is 50.0 Å². The Morgan fingerprint density at radius 1 is 0.976 bits per heavy atom. The van der Waals surface area contributed by atoms with Gasteiger partial charge in [0.25, 0.3) is 0 Å². The highest BCUT2D eigenvalue weighted by Crippen LogP contribution is 2.45. The van der Waals surface area contributed by atoms with Crippen LogP contribution in [0.3, 0.4) is 0 Å². The first-order chi connectivity index (χ1) is 19.7. The largest absolute Gasteiger partial charge is 0.411 e. The fourth-order valence-electron chi connectivity index (χ4n) is 7.79. The molecular formula is C32H39F3N4O2. The molecule has 0 radical (unpaired) electrons. The summed E-state index contributed by atoms with van der Waals surface area (Å²) in [5.74, 6) is 0.732. The lowest BCUT2D eigenvalue weighted by Crippen LogP contribution is -2.49. The molecule has 2 aromatic carbocycles. The molecule has 6 rings (SSSR count). The third kappa shape index (κ3) is 5.89. The standard InChI is InChI=1S/C32H39F3N4O2/c1-23-36-28-9-5-6-10-29(28)39(23)27-19-25-11-12-26(20-27)38(25)18-15-31(24-7-3-2-4-8-24)13-16-37(17-14-31)30(40)21-41-22-32(33,34)35/h2-10,25-27H,11-22H2,1H3/t25-,26+,27?. The molecule has 1 aromatic heterocycles. The van der Waals surface area contributed by atoms with E-state index in [9.17, 15) is 18.0 Å². The first kappa shape index (κ1) is 28.2. The normalized spacial score (nSPS) is 24.7. The molecule has 3 aliphatic rings. The molecule has 3 fully saturated rings. The van der Waals surface area contributed by atoms with Crippen LogP contribution in [-0.2, 0) is 14.9 Å². The molecule has 0 aliphatic carbocycles. The SMILES string of the molecule is Cc1nc2ccccc2n1C1C[C@H]2CC[C@@H](C1)N2CCC1(c2ccccc2)CCN(C(=O)COCC(F)(F)F)CC1. The number of nitrogens with zero attached hydrogens (tertiary/aromatic N) is 4. The molecule has 3 aliphatic heterocycles. The Kier molecular flexibility index (Phi) is 7.85. The number of imidazole rings is 1. The van der Waals surface area contributed by atoms with Crippen molar-refractivity contribution in [3.63, 3.8) is 0 Å². The molecule has 0 saturated carbocycles. The van der Waals surface area contributed by atoms with Gasteiger partial charge in [0.2, 0.25) is 5.91 Å². The smallest absolute Gasteiger partial charge is 0.362 e. The van der Waals surface area contributed by atoms with Crippen molar-refractivity contribution >= 4 is 16.9 Å². The Hall–Kier alpha value is -2.91. The lowest BCUT2D eigenvalue weighted by Gasteiger charge is -2.45. The number of para-hydroxylation sites is 2. The van der Waals surface area contributed by atoms with Crippen LogP contribution in [0.5, 0.6) is 0 Å². The third-order valence-electron chi connectivity index (χ3n) is 9.80. The first-order valence-corrected chi connectivity index (χ1v) is 14.9. The number of halogens is 3. The zero-order valence-electron chi connectivity index (χ0n) is 23.7. The summed E-state index contributed by atoms with van der Waals surface area (Å²) in [5, 5.41) is 0. The number of aryl methyl sites for hydroxylation is 1. The molecule has 0 spiro atoms. The Labute approximate surface area is 239 Å². The van der Waals surface area contributed by atoms with Gasteiger partial charge in [-0.05, 0) is 81.5 Å². The molecule has 41 heavy (non-hydrogen) atoms. The minimum Gasteiger partial charge on any atom is -0.362 e. The van der Waals surface area contributed by atoms with Gasteiger partial charge >= 0.3 is 6.18 Å². The van der Waals surface area contributed by atoms with Gasteiger partial charge in [-0.1, -0.05) is 42.5 Å². The van der Waals surface area contributed by atoms with Crippen molar-refractivity contribution in [2.45, 2.75) is 81.6 Å². The predicted octanol–water partition coefficient (Wildman–Crippen LogP) is 6.04. The van der Waals surface area contributed by atoms with Crippen LogP contribution in [0.2, 0.25) is 0 Å². The number of alkyl halides is 3. The van der Waals surface area contributed by atoms with E-state index in [0.29, 0.717) is 31.2 Å². The van der Waals surface area contributed by atoms with E-state index in [1.165, 1.54) is 23.9 Å². The van der Waals surface area contributed by atoms with Crippen molar-refractivity contribution in [3.8, 4) is 0 Å². The molecule has 9 heteroatoms. The van der Waals surface area contributed by atoms with Gasteiger partial charge in [-0.25, -0.2) is 4.98 Å². The maximum atomic E-state index is 12.6. The van der Waals surface area contributed by atoms with E-state index < -0.39 is 19.4 Å². The second kappa shape index (κ2) is 11.4. The Balaban J connectivity index is 1.12. The molecule has 3 saturated heterocycles.